The first-order valence-corrected chi connectivity index (χ1v) is 6.85. The van der Waals surface area contributed by atoms with E-state index >= 15 is 0 Å². The van der Waals surface area contributed by atoms with Crippen LogP contribution in [0.25, 0.3) is 0 Å². The van der Waals surface area contributed by atoms with Crippen molar-refractivity contribution in [2.24, 2.45) is 10.8 Å². The van der Waals surface area contributed by atoms with Crippen LogP contribution in [0.1, 0.15) is 41.5 Å². The van der Waals surface area contributed by atoms with Gasteiger partial charge in [-0.1, -0.05) is 41.5 Å². The lowest BCUT2D eigenvalue weighted by molar-refractivity contribution is -0.123. The molecule has 1 rings (SSSR count). The summed E-state index contributed by atoms with van der Waals surface area (Å²) in [7, 11) is 0. The quantitative estimate of drug-likeness (QED) is 0.654. The Kier molecular flexibility index (Phi) is 4.64. The van der Waals surface area contributed by atoms with Crippen LogP contribution in [-0.4, -0.2) is 21.8 Å². The van der Waals surface area contributed by atoms with Gasteiger partial charge in [0.05, 0.1) is 0 Å². The largest absolute Gasteiger partial charge is 0.382 e. The van der Waals surface area contributed by atoms with Crippen LogP contribution >= 0.6 is 0 Å². The van der Waals surface area contributed by atoms with Gasteiger partial charge in [0.2, 0.25) is 17.8 Å². The normalized spacial score (nSPS) is 11.9. The first kappa shape index (κ1) is 17.7. The minimum atomic E-state index is -0.683. The minimum absolute atomic E-state index is 0.0591. The topological polar surface area (TPSA) is 130 Å². The Labute approximate surface area is 128 Å². The van der Waals surface area contributed by atoms with Crippen molar-refractivity contribution in [3.63, 3.8) is 0 Å². The summed E-state index contributed by atoms with van der Waals surface area (Å²) in [6.07, 6.45) is 0. The number of hydrogen-bond donors (Lipinski definition) is 4. The second kappa shape index (κ2) is 5.78. The highest BCUT2D eigenvalue weighted by molar-refractivity contribution is 5.97. The summed E-state index contributed by atoms with van der Waals surface area (Å²) in [6, 6.07) is 0. The first-order chi connectivity index (χ1) is 9.82. The fraction of sp³-hybridized carbons (Fsp3) is 0.571. The molecule has 1 heterocycles. The second-order valence-corrected chi connectivity index (χ2v) is 7.08. The maximum Gasteiger partial charge on any atom is 0.278 e. The molecule has 0 aliphatic rings. The Morgan fingerprint density at radius 2 is 1.45 bits per heavy atom. The molecule has 8 heteroatoms. The molecule has 0 radical (unpaired) electrons. The van der Waals surface area contributed by atoms with E-state index in [0.29, 0.717) is 0 Å². The van der Waals surface area contributed by atoms with Gasteiger partial charge in [-0.25, -0.2) is 0 Å². The molecule has 1 aromatic rings. The lowest BCUT2D eigenvalue weighted by Crippen LogP contribution is -2.33. The number of aromatic amines is 1. The molecule has 0 unspecified atom stereocenters. The number of H-pyrrole nitrogens is 1. The summed E-state index contributed by atoms with van der Waals surface area (Å²) < 4.78 is 0. The molecule has 0 aliphatic carbocycles. The number of nitrogen functional groups attached to an aromatic ring is 1. The van der Waals surface area contributed by atoms with Crippen molar-refractivity contribution < 1.29 is 9.59 Å². The van der Waals surface area contributed by atoms with E-state index in [0.717, 1.165) is 0 Å². The maximum atomic E-state index is 12.0. The fourth-order valence-electron chi connectivity index (χ4n) is 1.27. The van der Waals surface area contributed by atoms with E-state index in [-0.39, 0.29) is 29.3 Å². The predicted octanol–water partition coefficient (Wildman–Crippen LogP) is 1.32. The monoisotopic (exact) mass is 309 g/mol. The van der Waals surface area contributed by atoms with Gasteiger partial charge in [0.1, 0.15) is 5.69 Å². The van der Waals surface area contributed by atoms with E-state index in [9.17, 15) is 14.4 Å². The van der Waals surface area contributed by atoms with Crippen molar-refractivity contribution in [2.75, 3.05) is 16.4 Å². The maximum absolute atomic E-state index is 12.0. The average Bonchev–Trinajstić information content (AvgIpc) is 2.31. The number of carbonyl (C=O) groups is 2. The summed E-state index contributed by atoms with van der Waals surface area (Å²) >= 11 is 0. The van der Waals surface area contributed by atoms with Crippen molar-refractivity contribution in [2.45, 2.75) is 41.5 Å². The van der Waals surface area contributed by atoms with Crippen LogP contribution in [0.5, 0.6) is 0 Å². The first-order valence-electron chi connectivity index (χ1n) is 6.85. The molecule has 0 saturated carbocycles. The fourth-order valence-corrected chi connectivity index (χ4v) is 1.27. The highest BCUT2D eigenvalue weighted by Gasteiger charge is 2.25. The van der Waals surface area contributed by atoms with Crippen LogP contribution in [0.3, 0.4) is 0 Å². The van der Waals surface area contributed by atoms with Crippen molar-refractivity contribution in [1.29, 1.82) is 0 Å². The number of amides is 2. The summed E-state index contributed by atoms with van der Waals surface area (Å²) in [5.41, 5.74) is 3.61. The van der Waals surface area contributed by atoms with Gasteiger partial charge >= 0.3 is 0 Å². The van der Waals surface area contributed by atoms with Gasteiger partial charge < -0.3 is 11.1 Å². The lowest BCUT2D eigenvalue weighted by atomic mass is 9.95. The van der Waals surface area contributed by atoms with Gasteiger partial charge in [-0.05, 0) is 0 Å². The third kappa shape index (κ3) is 4.31. The molecule has 0 aliphatic heterocycles. The number of hydrogen-bond acceptors (Lipinski definition) is 5. The van der Waals surface area contributed by atoms with E-state index in [2.05, 4.69) is 20.6 Å². The molecule has 0 saturated heterocycles. The Balaban J connectivity index is 3.06. The molecule has 22 heavy (non-hydrogen) atoms. The number of anilines is 3. The number of nitrogens with zero attached hydrogens (tertiary/aromatic N) is 1. The zero-order valence-corrected chi connectivity index (χ0v) is 13.7. The second-order valence-electron chi connectivity index (χ2n) is 7.08. The summed E-state index contributed by atoms with van der Waals surface area (Å²) in [6.45, 7) is 10.3. The highest BCUT2D eigenvalue weighted by Crippen LogP contribution is 2.19. The number of carbonyl (C=O) groups excluding carboxylic acids is 2. The van der Waals surface area contributed by atoms with Gasteiger partial charge in [0.25, 0.3) is 5.56 Å². The molecule has 0 aromatic carbocycles. The summed E-state index contributed by atoms with van der Waals surface area (Å²) in [5, 5.41) is 4.92. The van der Waals surface area contributed by atoms with E-state index in [1.807, 2.05) is 0 Å². The molecule has 5 N–H and O–H groups in total. The standard InChI is InChI=1S/C14H23N5O3/c1-13(2,3)10(21)16-7-8(15)17-12(18-9(7)20)19-11(22)14(4,5)6/h1-6H3,(H,16,21)(H4,15,17,18,19,20,22). The van der Waals surface area contributed by atoms with Crippen molar-refractivity contribution in [1.82, 2.24) is 9.97 Å². The van der Waals surface area contributed by atoms with E-state index < -0.39 is 16.4 Å². The van der Waals surface area contributed by atoms with E-state index in [1.54, 1.807) is 41.5 Å². The van der Waals surface area contributed by atoms with E-state index in [4.69, 9.17) is 5.73 Å². The molecule has 122 valence electrons. The highest BCUT2D eigenvalue weighted by atomic mass is 16.2. The molecule has 2 amide bonds. The smallest absolute Gasteiger partial charge is 0.278 e. The van der Waals surface area contributed by atoms with Crippen LogP contribution in [0.2, 0.25) is 0 Å². The molecule has 0 fully saturated rings. The van der Waals surface area contributed by atoms with Gasteiger partial charge in [0, 0.05) is 10.8 Å². The molecule has 0 spiro atoms. The van der Waals surface area contributed by atoms with Gasteiger partial charge in [-0.2, -0.15) is 4.98 Å². The Morgan fingerprint density at radius 1 is 1.00 bits per heavy atom. The number of rotatable bonds is 2. The van der Waals surface area contributed by atoms with Crippen LogP contribution in [0, 0.1) is 10.8 Å². The van der Waals surface area contributed by atoms with E-state index in [1.165, 1.54) is 0 Å². The number of aromatic nitrogens is 2. The molecule has 8 nitrogen and oxygen atoms in total. The molecule has 0 atom stereocenters. The lowest BCUT2D eigenvalue weighted by Gasteiger charge is -2.19. The minimum Gasteiger partial charge on any atom is -0.382 e. The summed E-state index contributed by atoms with van der Waals surface area (Å²) in [4.78, 5) is 42.1. The number of nitrogens with two attached hydrogens (primary N) is 1. The van der Waals surface area contributed by atoms with Crippen molar-refractivity contribution in [3.05, 3.63) is 10.4 Å². The van der Waals surface area contributed by atoms with Gasteiger partial charge in [0.15, 0.2) is 5.82 Å². The Morgan fingerprint density at radius 3 is 1.86 bits per heavy atom. The third-order valence-electron chi connectivity index (χ3n) is 2.78. The molecular formula is C14H23N5O3. The summed E-state index contributed by atoms with van der Waals surface area (Å²) in [5.74, 6) is -0.902. The predicted molar refractivity (Wildman–Crippen MR) is 85.4 cm³/mol. The Hall–Kier alpha value is -2.38. The zero-order chi connectivity index (χ0) is 17.3. The van der Waals surface area contributed by atoms with Crippen molar-refractivity contribution in [3.8, 4) is 0 Å². The van der Waals surface area contributed by atoms with Crippen LogP contribution in [0.15, 0.2) is 4.79 Å². The van der Waals surface area contributed by atoms with Gasteiger partial charge in [-0.3, -0.25) is 24.7 Å². The van der Waals surface area contributed by atoms with Crippen LogP contribution in [0.4, 0.5) is 17.5 Å². The molecular weight excluding hydrogens is 286 g/mol. The molecule has 1 aromatic heterocycles. The number of nitrogens with one attached hydrogen (secondary N) is 3. The van der Waals surface area contributed by atoms with Gasteiger partial charge in [-0.15, -0.1) is 0 Å². The Bertz CT molecular complexity index is 650. The zero-order valence-electron chi connectivity index (χ0n) is 13.7. The average molecular weight is 309 g/mol. The van der Waals surface area contributed by atoms with Crippen molar-refractivity contribution >= 4 is 29.3 Å². The molecule has 0 bridgehead atoms. The SMILES string of the molecule is CC(C)(C)C(=O)Nc1nc(N)c(NC(=O)C(C)(C)C)c(=O)[nH]1. The van der Waals surface area contributed by atoms with Crippen LogP contribution in [-0.2, 0) is 9.59 Å². The third-order valence-corrected chi connectivity index (χ3v) is 2.78. The van der Waals surface area contributed by atoms with Crippen LogP contribution < -0.4 is 21.9 Å².